The molecule has 5 aromatic rings. The number of fused-ring (bicyclic) bond motifs is 2. The number of carbonyl (C=O) groups excluding carboxylic acids is 1. The van der Waals surface area contributed by atoms with Gasteiger partial charge in [-0.1, -0.05) is 36.4 Å². The number of hydrogen-bond acceptors (Lipinski definition) is 6. The van der Waals surface area contributed by atoms with Crippen LogP contribution in [0.2, 0.25) is 0 Å². The van der Waals surface area contributed by atoms with Gasteiger partial charge in [-0.05, 0) is 60.7 Å². The second kappa shape index (κ2) is 11.0. The molecule has 0 spiro atoms. The summed E-state index contributed by atoms with van der Waals surface area (Å²) in [7, 11) is 0. The first-order chi connectivity index (χ1) is 20.2. The van der Waals surface area contributed by atoms with Crippen molar-refractivity contribution in [1.82, 2.24) is 24.6 Å². The largest absolute Gasteiger partial charge is 0.493 e. The molecule has 2 aromatic carbocycles. The SMILES string of the molecule is O=C(OCc1ccccc1)N1CCC(COc2ccc3c(-c4c(-c5ccccn5)nn5c4CCC5)ccnc3c2)C1. The summed E-state index contributed by atoms with van der Waals surface area (Å²) in [6.45, 7) is 3.06. The van der Waals surface area contributed by atoms with Gasteiger partial charge in [-0.15, -0.1) is 0 Å². The number of likely N-dealkylation sites (tertiary alicyclic amines) is 1. The lowest BCUT2D eigenvalue weighted by Crippen LogP contribution is -2.30. The van der Waals surface area contributed by atoms with Gasteiger partial charge in [-0.2, -0.15) is 5.10 Å². The van der Waals surface area contributed by atoms with Crippen LogP contribution in [0, 0.1) is 5.92 Å². The van der Waals surface area contributed by atoms with E-state index < -0.39 is 0 Å². The number of rotatable bonds is 7. The van der Waals surface area contributed by atoms with Gasteiger partial charge in [0, 0.05) is 60.7 Å². The Morgan fingerprint density at radius 1 is 0.951 bits per heavy atom. The van der Waals surface area contributed by atoms with Crippen LogP contribution in [0.15, 0.2) is 85.2 Å². The van der Waals surface area contributed by atoms with Crippen LogP contribution < -0.4 is 4.74 Å². The van der Waals surface area contributed by atoms with E-state index in [1.54, 1.807) is 4.90 Å². The van der Waals surface area contributed by atoms with E-state index in [1.807, 2.05) is 73.1 Å². The van der Waals surface area contributed by atoms with Crippen molar-refractivity contribution in [2.75, 3.05) is 19.7 Å². The molecule has 0 radical (unpaired) electrons. The Morgan fingerprint density at radius 3 is 2.73 bits per heavy atom. The number of hydrogen-bond donors (Lipinski definition) is 0. The summed E-state index contributed by atoms with van der Waals surface area (Å²) in [6, 6.07) is 23.9. The second-order valence-electron chi connectivity index (χ2n) is 10.7. The van der Waals surface area contributed by atoms with Gasteiger partial charge >= 0.3 is 6.09 Å². The Labute approximate surface area is 238 Å². The number of amides is 1. The normalized spacial score (nSPS) is 16.2. The van der Waals surface area contributed by atoms with Crippen LogP contribution in [-0.2, 0) is 24.3 Å². The van der Waals surface area contributed by atoms with Crippen molar-refractivity contribution in [2.24, 2.45) is 5.92 Å². The topological polar surface area (TPSA) is 82.4 Å². The highest BCUT2D eigenvalue weighted by molar-refractivity contribution is 5.99. The zero-order valence-electron chi connectivity index (χ0n) is 22.8. The lowest BCUT2D eigenvalue weighted by atomic mass is 9.96. The molecule has 0 N–H and O–H groups in total. The zero-order chi connectivity index (χ0) is 27.6. The molecule has 0 bridgehead atoms. The van der Waals surface area contributed by atoms with Crippen molar-refractivity contribution in [2.45, 2.75) is 32.4 Å². The summed E-state index contributed by atoms with van der Waals surface area (Å²) < 4.78 is 13.8. The number of ether oxygens (including phenoxy) is 2. The number of pyridine rings is 2. The van der Waals surface area contributed by atoms with E-state index in [9.17, 15) is 4.79 Å². The molecule has 1 unspecified atom stereocenters. The Morgan fingerprint density at radius 2 is 1.85 bits per heavy atom. The number of nitrogens with zero attached hydrogens (tertiary/aromatic N) is 5. The lowest BCUT2D eigenvalue weighted by Gasteiger charge is -2.17. The van der Waals surface area contributed by atoms with Gasteiger partial charge in [0.2, 0.25) is 0 Å². The first-order valence-electron chi connectivity index (χ1n) is 14.2. The van der Waals surface area contributed by atoms with Gasteiger partial charge < -0.3 is 14.4 Å². The predicted molar refractivity (Wildman–Crippen MR) is 156 cm³/mol. The molecule has 1 saturated heterocycles. The zero-order valence-corrected chi connectivity index (χ0v) is 22.8. The van der Waals surface area contributed by atoms with Gasteiger partial charge in [0.25, 0.3) is 0 Å². The van der Waals surface area contributed by atoms with Gasteiger partial charge in [0.05, 0.1) is 17.8 Å². The van der Waals surface area contributed by atoms with E-state index >= 15 is 0 Å². The first-order valence-corrected chi connectivity index (χ1v) is 14.2. The van der Waals surface area contributed by atoms with Gasteiger partial charge in [0.1, 0.15) is 18.1 Å². The van der Waals surface area contributed by atoms with Crippen LogP contribution in [0.25, 0.3) is 33.4 Å². The summed E-state index contributed by atoms with van der Waals surface area (Å²) in [6.07, 6.45) is 6.39. The molecule has 1 fully saturated rings. The van der Waals surface area contributed by atoms with Crippen molar-refractivity contribution in [3.8, 4) is 28.3 Å². The third-order valence-corrected chi connectivity index (χ3v) is 7.97. The van der Waals surface area contributed by atoms with Crippen molar-refractivity contribution in [3.05, 3.63) is 96.4 Å². The summed E-state index contributed by atoms with van der Waals surface area (Å²) in [5.74, 6) is 1.03. The van der Waals surface area contributed by atoms with Crippen LogP contribution in [0.5, 0.6) is 5.75 Å². The van der Waals surface area contributed by atoms with Crippen molar-refractivity contribution < 1.29 is 14.3 Å². The van der Waals surface area contributed by atoms with Gasteiger partial charge in [-0.3, -0.25) is 14.6 Å². The maximum atomic E-state index is 12.5. The predicted octanol–water partition coefficient (Wildman–Crippen LogP) is 6.14. The lowest BCUT2D eigenvalue weighted by molar-refractivity contribution is 0.102. The number of benzene rings is 2. The van der Waals surface area contributed by atoms with Gasteiger partial charge in [-0.25, -0.2) is 4.79 Å². The number of aryl methyl sites for hydroxylation is 1. The van der Waals surface area contributed by atoms with E-state index in [0.717, 1.165) is 70.5 Å². The molecule has 8 nitrogen and oxygen atoms in total. The molecule has 7 rings (SSSR count). The minimum absolute atomic E-state index is 0.255. The molecule has 206 valence electrons. The summed E-state index contributed by atoms with van der Waals surface area (Å²) in [5, 5.41) is 6.02. The highest BCUT2D eigenvalue weighted by Crippen LogP contribution is 2.40. The van der Waals surface area contributed by atoms with E-state index in [-0.39, 0.29) is 18.6 Å². The third kappa shape index (κ3) is 5.13. The second-order valence-corrected chi connectivity index (χ2v) is 10.7. The first kappa shape index (κ1) is 25.3. The molecule has 3 aromatic heterocycles. The Balaban J connectivity index is 1.05. The fourth-order valence-corrected chi connectivity index (χ4v) is 5.89. The third-order valence-electron chi connectivity index (χ3n) is 7.97. The van der Waals surface area contributed by atoms with E-state index in [2.05, 4.69) is 26.8 Å². The Hall–Kier alpha value is -4.72. The molecular formula is C33H31N5O3. The molecule has 2 aliphatic rings. The quantitative estimate of drug-likeness (QED) is 0.244. The molecule has 1 amide bonds. The van der Waals surface area contributed by atoms with E-state index in [0.29, 0.717) is 19.7 Å². The summed E-state index contributed by atoms with van der Waals surface area (Å²) in [5.41, 5.74) is 7.18. The molecule has 0 aliphatic carbocycles. The van der Waals surface area contributed by atoms with Crippen LogP contribution in [0.4, 0.5) is 4.79 Å². The van der Waals surface area contributed by atoms with Crippen LogP contribution in [0.3, 0.4) is 0 Å². The molecule has 1 atom stereocenters. The highest BCUT2D eigenvalue weighted by Gasteiger charge is 2.28. The average Bonchev–Trinajstić information content (AvgIpc) is 3.76. The van der Waals surface area contributed by atoms with Crippen molar-refractivity contribution in [1.29, 1.82) is 0 Å². The molecule has 2 aliphatic heterocycles. The minimum atomic E-state index is -0.268. The van der Waals surface area contributed by atoms with Crippen molar-refractivity contribution in [3.63, 3.8) is 0 Å². The molecular weight excluding hydrogens is 514 g/mol. The molecule has 0 saturated carbocycles. The fraction of sp³-hybridized carbons (Fsp3) is 0.273. The Bertz CT molecular complexity index is 1690. The molecule has 41 heavy (non-hydrogen) atoms. The fourth-order valence-electron chi connectivity index (χ4n) is 5.89. The summed E-state index contributed by atoms with van der Waals surface area (Å²) in [4.78, 5) is 23.6. The smallest absolute Gasteiger partial charge is 0.410 e. The average molecular weight is 546 g/mol. The number of aromatic nitrogens is 4. The van der Waals surface area contributed by atoms with Gasteiger partial charge in [0.15, 0.2) is 0 Å². The summed E-state index contributed by atoms with van der Waals surface area (Å²) >= 11 is 0. The minimum Gasteiger partial charge on any atom is -0.493 e. The van der Waals surface area contributed by atoms with Crippen LogP contribution >= 0.6 is 0 Å². The monoisotopic (exact) mass is 545 g/mol. The van der Waals surface area contributed by atoms with Crippen LogP contribution in [0.1, 0.15) is 24.1 Å². The number of carbonyl (C=O) groups is 1. The Kier molecular flexibility index (Phi) is 6.80. The van der Waals surface area contributed by atoms with Crippen LogP contribution in [-0.4, -0.2) is 50.4 Å². The molecule has 5 heterocycles. The molecule has 8 heteroatoms. The van der Waals surface area contributed by atoms with E-state index in [1.165, 1.54) is 5.69 Å². The van der Waals surface area contributed by atoms with E-state index in [4.69, 9.17) is 14.6 Å². The van der Waals surface area contributed by atoms with Crippen molar-refractivity contribution >= 4 is 17.0 Å². The highest BCUT2D eigenvalue weighted by atomic mass is 16.6. The maximum Gasteiger partial charge on any atom is 0.410 e. The standard InChI is InChI=1S/C33H31N5O3/c39-33(41-21-23-7-2-1-3-8-23)37-18-14-24(20-37)22-40-25-11-12-26-27(13-16-35-29(26)19-25)31-30-10-6-17-38(30)36-32(31)28-9-4-5-15-34-28/h1-5,7-9,11-13,15-16,19,24H,6,10,14,17-18,20-22H2. The maximum absolute atomic E-state index is 12.5.